The van der Waals surface area contributed by atoms with Crippen molar-refractivity contribution in [1.82, 2.24) is 15.5 Å². The topological polar surface area (TPSA) is 61.4 Å². The number of nitrogens with zero attached hydrogens (tertiary/aromatic N) is 1. The second-order valence-corrected chi connectivity index (χ2v) is 7.25. The largest absolute Gasteiger partial charge is 0.353 e. The molecule has 1 heterocycles. The number of hydrogen-bond acceptors (Lipinski definition) is 3. The van der Waals surface area contributed by atoms with Crippen molar-refractivity contribution < 1.29 is 14.0 Å². The summed E-state index contributed by atoms with van der Waals surface area (Å²) in [6.07, 6.45) is 5.01. The molecule has 1 atom stereocenters. The first-order chi connectivity index (χ1) is 12.5. The fraction of sp³-hybridized carbons (Fsp3) is 0.600. The lowest BCUT2D eigenvalue weighted by atomic mass is 10.0. The van der Waals surface area contributed by atoms with Crippen LogP contribution in [0.25, 0.3) is 0 Å². The van der Waals surface area contributed by atoms with Gasteiger partial charge in [-0.15, -0.1) is 0 Å². The molecular formula is C20H30FN3O2. The van der Waals surface area contributed by atoms with Gasteiger partial charge >= 0.3 is 0 Å². The zero-order chi connectivity index (χ0) is 18.9. The predicted molar refractivity (Wildman–Crippen MR) is 100 cm³/mol. The molecule has 5 nitrogen and oxygen atoms in total. The molecule has 0 bridgehead atoms. The van der Waals surface area contributed by atoms with E-state index >= 15 is 0 Å². The molecule has 2 amide bonds. The molecule has 0 spiro atoms. The smallest absolute Gasteiger partial charge is 0.251 e. The van der Waals surface area contributed by atoms with Crippen LogP contribution in [0.1, 0.15) is 49.9 Å². The Kier molecular flexibility index (Phi) is 8.04. The third kappa shape index (κ3) is 6.41. The standard InChI is InChI=1S/C20H30FN3O2/c1-15(2)18(23-19(25)16-7-9-17(21)10-8-16)20(26)22-11-14-24-12-5-3-4-6-13-24/h7-10,15,18H,3-6,11-14H2,1-2H3,(H,22,26)(H,23,25). The van der Waals surface area contributed by atoms with Crippen LogP contribution in [0.4, 0.5) is 4.39 Å². The summed E-state index contributed by atoms with van der Waals surface area (Å²) in [7, 11) is 0. The van der Waals surface area contributed by atoms with E-state index in [0.29, 0.717) is 12.1 Å². The van der Waals surface area contributed by atoms with E-state index in [-0.39, 0.29) is 17.7 Å². The van der Waals surface area contributed by atoms with E-state index in [1.165, 1.54) is 49.9 Å². The van der Waals surface area contributed by atoms with Crippen molar-refractivity contribution >= 4 is 11.8 Å². The Hall–Kier alpha value is -1.95. The maximum atomic E-state index is 13.0. The molecular weight excluding hydrogens is 333 g/mol. The molecule has 2 N–H and O–H groups in total. The number of rotatable bonds is 7. The molecule has 6 heteroatoms. The van der Waals surface area contributed by atoms with Gasteiger partial charge in [0.15, 0.2) is 0 Å². The molecule has 144 valence electrons. The minimum absolute atomic E-state index is 0.0439. The molecule has 1 aromatic rings. The van der Waals surface area contributed by atoms with Gasteiger partial charge in [0.25, 0.3) is 5.91 Å². The van der Waals surface area contributed by atoms with Crippen molar-refractivity contribution in [1.29, 1.82) is 0 Å². The molecule has 1 aliphatic rings. The van der Waals surface area contributed by atoms with Crippen LogP contribution in [0.3, 0.4) is 0 Å². The van der Waals surface area contributed by atoms with Gasteiger partial charge in [0, 0.05) is 18.7 Å². The van der Waals surface area contributed by atoms with Crippen LogP contribution in [-0.4, -0.2) is 48.9 Å². The van der Waals surface area contributed by atoms with Gasteiger partial charge in [-0.3, -0.25) is 9.59 Å². The molecule has 1 saturated heterocycles. The molecule has 1 aromatic carbocycles. The third-order valence-corrected chi connectivity index (χ3v) is 4.77. The number of halogens is 1. The van der Waals surface area contributed by atoms with Crippen LogP contribution in [0, 0.1) is 11.7 Å². The highest BCUT2D eigenvalue weighted by atomic mass is 19.1. The quantitative estimate of drug-likeness (QED) is 0.783. The highest BCUT2D eigenvalue weighted by molar-refractivity contribution is 5.97. The monoisotopic (exact) mass is 363 g/mol. The summed E-state index contributed by atoms with van der Waals surface area (Å²) < 4.78 is 13.0. The minimum atomic E-state index is -0.614. The van der Waals surface area contributed by atoms with Crippen molar-refractivity contribution in [2.24, 2.45) is 5.92 Å². The number of amides is 2. The summed E-state index contributed by atoms with van der Waals surface area (Å²) in [5, 5.41) is 5.71. The zero-order valence-electron chi connectivity index (χ0n) is 15.8. The molecule has 0 radical (unpaired) electrons. The van der Waals surface area contributed by atoms with E-state index in [9.17, 15) is 14.0 Å². The van der Waals surface area contributed by atoms with Crippen LogP contribution >= 0.6 is 0 Å². The summed E-state index contributed by atoms with van der Waals surface area (Å²) in [5.41, 5.74) is 0.342. The lowest BCUT2D eigenvalue weighted by Gasteiger charge is -2.24. The van der Waals surface area contributed by atoms with Gasteiger partial charge in [0.2, 0.25) is 5.91 Å². The summed E-state index contributed by atoms with van der Waals surface area (Å²) in [5.74, 6) is -0.984. The Balaban J connectivity index is 1.84. The van der Waals surface area contributed by atoms with Crippen LogP contribution in [0.5, 0.6) is 0 Å². The average molecular weight is 363 g/mol. The average Bonchev–Trinajstić information content (AvgIpc) is 2.88. The van der Waals surface area contributed by atoms with Crippen molar-refractivity contribution in [3.8, 4) is 0 Å². The molecule has 1 unspecified atom stereocenters. The van der Waals surface area contributed by atoms with Gasteiger partial charge < -0.3 is 15.5 Å². The van der Waals surface area contributed by atoms with Gasteiger partial charge in [-0.05, 0) is 56.1 Å². The number of hydrogen-bond donors (Lipinski definition) is 2. The first kappa shape index (κ1) is 20.4. The van der Waals surface area contributed by atoms with Crippen molar-refractivity contribution in [2.45, 2.75) is 45.6 Å². The zero-order valence-corrected chi connectivity index (χ0v) is 15.8. The van der Waals surface area contributed by atoms with Gasteiger partial charge in [0.05, 0.1) is 0 Å². The first-order valence-corrected chi connectivity index (χ1v) is 9.54. The maximum absolute atomic E-state index is 13.0. The number of carbonyl (C=O) groups is 2. The second-order valence-electron chi connectivity index (χ2n) is 7.25. The number of nitrogens with one attached hydrogen (secondary N) is 2. The second kappa shape index (κ2) is 10.3. The molecule has 1 fully saturated rings. The summed E-state index contributed by atoms with van der Waals surface area (Å²) in [6, 6.07) is 4.69. The SMILES string of the molecule is CC(C)C(NC(=O)c1ccc(F)cc1)C(=O)NCCN1CCCCCC1. The lowest BCUT2D eigenvalue weighted by molar-refractivity contribution is -0.124. The van der Waals surface area contributed by atoms with Crippen molar-refractivity contribution in [3.63, 3.8) is 0 Å². The normalized spacial score (nSPS) is 16.8. The van der Waals surface area contributed by atoms with Gasteiger partial charge in [-0.25, -0.2) is 4.39 Å². The van der Waals surface area contributed by atoms with Crippen LogP contribution in [-0.2, 0) is 4.79 Å². The van der Waals surface area contributed by atoms with E-state index in [1.807, 2.05) is 13.8 Å². The number of benzene rings is 1. The summed E-state index contributed by atoms with van der Waals surface area (Å²) in [6.45, 7) is 7.38. The summed E-state index contributed by atoms with van der Waals surface area (Å²) in [4.78, 5) is 27.2. The Labute approximate surface area is 155 Å². The van der Waals surface area contributed by atoms with Crippen molar-refractivity contribution in [2.75, 3.05) is 26.2 Å². The molecule has 0 aliphatic carbocycles. The third-order valence-electron chi connectivity index (χ3n) is 4.77. The van der Waals surface area contributed by atoms with E-state index in [4.69, 9.17) is 0 Å². The van der Waals surface area contributed by atoms with Crippen LogP contribution in [0.2, 0.25) is 0 Å². The van der Waals surface area contributed by atoms with E-state index < -0.39 is 11.9 Å². The van der Waals surface area contributed by atoms with Gasteiger partial charge in [0.1, 0.15) is 11.9 Å². The van der Waals surface area contributed by atoms with Crippen LogP contribution in [0.15, 0.2) is 24.3 Å². The van der Waals surface area contributed by atoms with E-state index in [1.54, 1.807) is 0 Å². The van der Waals surface area contributed by atoms with Gasteiger partial charge in [-0.1, -0.05) is 26.7 Å². The molecule has 0 saturated carbocycles. The Morgan fingerprint density at radius 1 is 1.08 bits per heavy atom. The van der Waals surface area contributed by atoms with E-state index in [0.717, 1.165) is 19.6 Å². The number of likely N-dealkylation sites (tertiary alicyclic amines) is 1. The van der Waals surface area contributed by atoms with Crippen molar-refractivity contribution in [3.05, 3.63) is 35.6 Å². The highest BCUT2D eigenvalue weighted by Gasteiger charge is 2.24. The van der Waals surface area contributed by atoms with Gasteiger partial charge in [-0.2, -0.15) is 0 Å². The maximum Gasteiger partial charge on any atom is 0.251 e. The van der Waals surface area contributed by atoms with E-state index in [2.05, 4.69) is 15.5 Å². The molecule has 26 heavy (non-hydrogen) atoms. The highest BCUT2D eigenvalue weighted by Crippen LogP contribution is 2.09. The first-order valence-electron chi connectivity index (χ1n) is 9.54. The molecule has 0 aromatic heterocycles. The molecule has 1 aliphatic heterocycles. The fourth-order valence-electron chi connectivity index (χ4n) is 3.17. The Morgan fingerprint density at radius 3 is 2.27 bits per heavy atom. The predicted octanol–water partition coefficient (Wildman–Crippen LogP) is 2.57. The summed E-state index contributed by atoms with van der Waals surface area (Å²) >= 11 is 0. The lowest BCUT2D eigenvalue weighted by Crippen LogP contribution is -2.50. The number of carbonyl (C=O) groups excluding carboxylic acids is 2. The van der Waals surface area contributed by atoms with Crippen LogP contribution < -0.4 is 10.6 Å². The minimum Gasteiger partial charge on any atom is -0.353 e. The Bertz CT molecular complexity index is 581. The molecule has 2 rings (SSSR count). The Morgan fingerprint density at radius 2 is 1.69 bits per heavy atom. The fourth-order valence-corrected chi connectivity index (χ4v) is 3.17.